The molecule has 15 heteroatoms. The lowest BCUT2D eigenvalue weighted by atomic mass is 9.99. The molecule has 0 spiro atoms. The van der Waals surface area contributed by atoms with Gasteiger partial charge in [0.05, 0.1) is 19.8 Å². The number of aliphatic hydroxyl groups is 2. The van der Waals surface area contributed by atoms with Crippen molar-refractivity contribution in [3.05, 3.63) is 24.0 Å². The highest BCUT2D eigenvalue weighted by Gasteiger charge is 2.46. The number of allylic oxidation sites excluding steroid dienone is 1. The summed E-state index contributed by atoms with van der Waals surface area (Å²) in [5, 5.41) is 21.0. The molecule has 0 aromatic rings. The van der Waals surface area contributed by atoms with Crippen molar-refractivity contribution < 1.29 is 47.5 Å². The van der Waals surface area contributed by atoms with Gasteiger partial charge in [0.25, 0.3) is 0 Å². The molecule has 0 aromatic carbocycles. The third kappa shape index (κ3) is 10.6. The summed E-state index contributed by atoms with van der Waals surface area (Å²) in [6.45, 7) is 10.0. The van der Waals surface area contributed by atoms with Crippen LogP contribution >= 0.6 is 31.3 Å². The number of nitrogens with two attached hydrogens (primary N) is 1. The molecule has 0 aliphatic carbocycles. The quantitative estimate of drug-likeness (QED) is 0.202. The molecule has 1 saturated heterocycles. The van der Waals surface area contributed by atoms with E-state index in [1.807, 2.05) is 0 Å². The number of carbonyl (C=O) groups is 3. The Morgan fingerprint density at radius 3 is 2.00 bits per heavy atom. The van der Waals surface area contributed by atoms with Crippen LogP contribution in [-0.2, 0) is 37.3 Å². The second kappa shape index (κ2) is 14.8. The molecule has 4 atom stereocenters. The van der Waals surface area contributed by atoms with E-state index in [0.29, 0.717) is 12.0 Å². The Hall–Kier alpha value is -1.22. The highest BCUT2D eigenvalue weighted by atomic mass is 32.2. The molecular weight excluding hydrogens is 583 g/mol. The lowest BCUT2D eigenvalue weighted by molar-refractivity contribution is -0.118. The van der Waals surface area contributed by atoms with Gasteiger partial charge < -0.3 is 25.6 Å². The Labute approximate surface area is 244 Å². The van der Waals surface area contributed by atoms with Crippen LogP contribution in [0.4, 0.5) is 0 Å². The second-order valence-corrected chi connectivity index (χ2v) is 15.1. The molecule has 1 fully saturated rings. The van der Waals surface area contributed by atoms with Gasteiger partial charge in [-0.1, -0.05) is 71.1 Å². The van der Waals surface area contributed by atoms with Gasteiger partial charge in [0, 0.05) is 40.3 Å². The first-order valence-corrected chi connectivity index (χ1v) is 16.2. The number of phosphoric ester groups is 1. The molecule has 12 nitrogen and oxygen atoms in total. The number of thioether (sulfide) groups is 2. The molecule has 4 unspecified atom stereocenters. The van der Waals surface area contributed by atoms with Crippen molar-refractivity contribution in [2.45, 2.75) is 72.5 Å². The number of aliphatic hydroxyl groups excluding tert-OH is 2. The van der Waals surface area contributed by atoms with Crippen LogP contribution in [0.5, 0.6) is 0 Å². The largest absolute Gasteiger partial charge is 0.474 e. The number of primary amides is 1. The molecule has 228 valence electrons. The van der Waals surface area contributed by atoms with Crippen molar-refractivity contribution in [2.75, 3.05) is 31.3 Å². The van der Waals surface area contributed by atoms with E-state index in [2.05, 4.69) is 0 Å². The Kier molecular flexibility index (Phi) is 12.9. The first-order valence-electron chi connectivity index (χ1n) is 12.8. The smallest absolute Gasteiger partial charge is 0.387 e. The molecule has 2 rings (SSSR count). The molecular formula is C25H41N2O10PS2. The molecule has 2 aliphatic rings. The summed E-state index contributed by atoms with van der Waals surface area (Å²) in [6.07, 6.45) is 0.0113. The number of hydrogen-bond donors (Lipinski definition) is 3. The van der Waals surface area contributed by atoms with Crippen molar-refractivity contribution in [2.24, 2.45) is 16.6 Å². The Bertz CT molecular complexity index is 986. The average molecular weight is 625 g/mol. The Balaban J connectivity index is 2.01. The molecule has 0 aromatic heterocycles. The zero-order valence-electron chi connectivity index (χ0n) is 23.7. The third-order valence-corrected chi connectivity index (χ3v) is 9.57. The van der Waals surface area contributed by atoms with E-state index in [9.17, 15) is 29.2 Å². The zero-order chi connectivity index (χ0) is 30.3. The lowest BCUT2D eigenvalue weighted by Gasteiger charge is -2.28. The summed E-state index contributed by atoms with van der Waals surface area (Å²) in [4.78, 5) is 37.3. The van der Waals surface area contributed by atoms with Crippen molar-refractivity contribution in [3.8, 4) is 0 Å². The fourth-order valence-electron chi connectivity index (χ4n) is 3.29. The van der Waals surface area contributed by atoms with E-state index in [1.54, 1.807) is 53.8 Å². The van der Waals surface area contributed by atoms with Crippen LogP contribution in [0.15, 0.2) is 24.0 Å². The fourth-order valence-corrected chi connectivity index (χ4v) is 6.29. The first kappa shape index (κ1) is 35.0. The number of amides is 1. The maximum absolute atomic E-state index is 13.4. The number of nitrogens with zero attached hydrogens (tertiary/aromatic N) is 1. The van der Waals surface area contributed by atoms with Crippen LogP contribution in [0.1, 0.15) is 48.0 Å². The van der Waals surface area contributed by atoms with Crippen molar-refractivity contribution >= 4 is 47.5 Å². The molecule has 1 amide bonds. The van der Waals surface area contributed by atoms with Gasteiger partial charge in [-0.05, 0) is 6.42 Å². The minimum Gasteiger partial charge on any atom is -0.387 e. The summed E-state index contributed by atoms with van der Waals surface area (Å²) < 4.78 is 35.5. The molecule has 2 aliphatic heterocycles. The van der Waals surface area contributed by atoms with Gasteiger partial charge in [-0.2, -0.15) is 0 Å². The van der Waals surface area contributed by atoms with E-state index in [-0.39, 0.29) is 35.0 Å². The Morgan fingerprint density at radius 1 is 1.00 bits per heavy atom. The number of hydrogen-bond acceptors (Lipinski definition) is 13. The van der Waals surface area contributed by atoms with Gasteiger partial charge in [0.15, 0.2) is 16.5 Å². The molecule has 0 bridgehead atoms. The van der Waals surface area contributed by atoms with Gasteiger partial charge in [-0.3, -0.25) is 28.0 Å². The van der Waals surface area contributed by atoms with Gasteiger partial charge in [-0.15, -0.1) is 0 Å². The summed E-state index contributed by atoms with van der Waals surface area (Å²) in [7, 11) is -4.22. The van der Waals surface area contributed by atoms with E-state index in [1.165, 1.54) is 11.1 Å². The third-order valence-electron chi connectivity index (χ3n) is 5.62. The average Bonchev–Trinajstić information content (AvgIpc) is 3.15. The fraction of sp³-hybridized carbons (Fsp3) is 0.720. The van der Waals surface area contributed by atoms with Crippen molar-refractivity contribution in [1.82, 2.24) is 4.90 Å². The highest BCUT2D eigenvalue weighted by Crippen LogP contribution is 2.50. The summed E-state index contributed by atoms with van der Waals surface area (Å²) in [5.74, 6) is -0.228. The highest BCUT2D eigenvalue weighted by molar-refractivity contribution is 8.14. The van der Waals surface area contributed by atoms with Gasteiger partial charge in [0.1, 0.15) is 18.3 Å². The summed E-state index contributed by atoms with van der Waals surface area (Å²) in [6, 6.07) is 0. The predicted molar refractivity (Wildman–Crippen MR) is 153 cm³/mol. The first-order chi connectivity index (χ1) is 18.4. The standard InChI is InChI=1S/C25H41N2O10PS2/c1-24(2,3)22(31)39-12-10-34-38(33,35-11-13-40-23(32)25(4,5)6)36-15-17-18(28)19(29)21(37-17)27-9-7-8-16(14-27)20(26)30/h7,9,14,17-19,21,28-29H,8,10-13,15H2,1-6H3,(H2,26,30). The maximum Gasteiger partial charge on any atom is 0.474 e. The van der Waals surface area contributed by atoms with Crippen LogP contribution < -0.4 is 5.73 Å². The van der Waals surface area contributed by atoms with Crippen LogP contribution in [0.25, 0.3) is 0 Å². The predicted octanol–water partition coefficient (Wildman–Crippen LogP) is 2.79. The van der Waals surface area contributed by atoms with E-state index in [4.69, 9.17) is 24.0 Å². The minimum absolute atomic E-state index is 0.0623. The topological polar surface area (TPSA) is 175 Å². The monoisotopic (exact) mass is 624 g/mol. The van der Waals surface area contributed by atoms with Gasteiger partial charge >= 0.3 is 7.82 Å². The van der Waals surface area contributed by atoms with Crippen molar-refractivity contribution in [1.29, 1.82) is 0 Å². The summed E-state index contributed by atoms with van der Waals surface area (Å²) >= 11 is 2.06. The number of ether oxygens (including phenoxy) is 1. The van der Waals surface area contributed by atoms with Gasteiger partial charge in [0.2, 0.25) is 5.91 Å². The Morgan fingerprint density at radius 2 is 1.52 bits per heavy atom. The second-order valence-electron chi connectivity index (χ2n) is 11.3. The summed E-state index contributed by atoms with van der Waals surface area (Å²) in [5.41, 5.74) is 4.54. The normalized spacial score (nSPS) is 23.8. The molecule has 2 heterocycles. The molecule has 0 radical (unpaired) electrons. The number of phosphoric acid groups is 1. The van der Waals surface area contributed by atoms with Crippen molar-refractivity contribution in [3.63, 3.8) is 0 Å². The van der Waals surface area contributed by atoms with Crippen LogP contribution in [-0.4, -0.2) is 87.1 Å². The number of rotatable bonds is 13. The van der Waals surface area contributed by atoms with Crippen LogP contribution in [0.2, 0.25) is 0 Å². The zero-order valence-corrected chi connectivity index (χ0v) is 26.3. The lowest BCUT2D eigenvalue weighted by Crippen LogP contribution is -2.40. The molecule has 0 saturated carbocycles. The molecule has 4 N–H and O–H groups in total. The minimum atomic E-state index is -4.22. The SMILES string of the molecule is CC(C)(C)C(=O)SCCOP(=O)(OCCSC(=O)C(C)(C)C)OCC1OC(N2C=CCC(C(N)=O)=C2)C(O)C1O. The maximum atomic E-state index is 13.4. The van der Waals surface area contributed by atoms with E-state index < -0.39 is 55.7 Å². The molecule has 40 heavy (non-hydrogen) atoms. The van der Waals surface area contributed by atoms with E-state index >= 15 is 0 Å². The van der Waals surface area contributed by atoms with E-state index in [0.717, 1.165) is 23.5 Å². The van der Waals surface area contributed by atoms with Gasteiger partial charge in [-0.25, -0.2) is 4.57 Å². The van der Waals surface area contributed by atoms with Crippen LogP contribution in [0.3, 0.4) is 0 Å². The number of carbonyl (C=O) groups excluding carboxylic acids is 3. The van der Waals surface area contributed by atoms with Crippen LogP contribution in [0, 0.1) is 10.8 Å².